The van der Waals surface area contributed by atoms with Crippen molar-refractivity contribution < 1.29 is 19.3 Å². The van der Waals surface area contributed by atoms with Gasteiger partial charge in [0.25, 0.3) is 0 Å². The van der Waals surface area contributed by atoms with Gasteiger partial charge in [0, 0.05) is 0 Å². The number of hydrogen-bond acceptors (Lipinski definition) is 4. The summed E-state index contributed by atoms with van der Waals surface area (Å²) in [6, 6.07) is 9.87. The largest absolute Gasteiger partial charge is 0.388 e. The lowest BCUT2D eigenvalue weighted by Gasteiger charge is -2.20. The van der Waals surface area contributed by atoms with Crippen LogP contribution in [0.4, 0.5) is 0 Å². The van der Waals surface area contributed by atoms with E-state index < -0.39 is 11.9 Å². The SMILES string of the molecule is CC1(C)OCC(C(O)COCc2ccccc2)O1. The number of aliphatic hydroxyl groups excluding tert-OH is 1. The molecule has 0 bridgehead atoms. The van der Waals surface area contributed by atoms with Gasteiger partial charge in [0.05, 0.1) is 19.8 Å². The fourth-order valence-corrected chi connectivity index (χ4v) is 1.88. The van der Waals surface area contributed by atoms with E-state index in [-0.39, 0.29) is 12.7 Å². The fourth-order valence-electron chi connectivity index (χ4n) is 1.88. The van der Waals surface area contributed by atoms with E-state index in [4.69, 9.17) is 14.2 Å². The number of hydrogen-bond donors (Lipinski definition) is 1. The quantitative estimate of drug-likeness (QED) is 0.866. The third-order valence-corrected chi connectivity index (χ3v) is 2.86. The standard InChI is InChI=1S/C14H20O4/c1-14(2)17-10-13(18-14)12(15)9-16-8-11-6-4-3-5-7-11/h3-7,12-13,15H,8-10H2,1-2H3. The molecular weight excluding hydrogens is 232 g/mol. The highest BCUT2D eigenvalue weighted by atomic mass is 16.7. The average Bonchev–Trinajstić information content (AvgIpc) is 2.71. The molecule has 4 nitrogen and oxygen atoms in total. The number of ether oxygens (including phenoxy) is 3. The minimum Gasteiger partial charge on any atom is -0.388 e. The van der Waals surface area contributed by atoms with E-state index in [1.807, 2.05) is 44.2 Å². The highest BCUT2D eigenvalue weighted by Gasteiger charge is 2.36. The molecule has 2 atom stereocenters. The molecule has 4 heteroatoms. The van der Waals surface area contributed by atoms with Crippen LogP contribution in [0.25, 0.3) is 0 Å². The summed E-state index contributed by atoms with van der Waals surface area (Å²) in [5, 5.41) is 9.93. The Labute approximate surface area is 107 Å². The van der Waals surface area contributed by atoms with Crippen LogP contribution in [0.5, 0.6) is 0 Å². The van der Waals surface area contributed by atoms with Gasteiger partial charge in [-0.1, -0.05) is 30.3 Å². The van der Waals surface area contributed by atoms with Gasteiger partial charge in [-0.15, -0.1) is 0 Å². The van der Waals surface area contributed by atoms with Crippen LogP contribution in [0.2, 0.25) is 0 Å². The van der Waals surface area contributed by atoms with Crippen molar-refractivity contribution in [2.24, 2.45) is 0 Å². The Kier molecular flexibility index (Phi) is 4.35. The molecule has 2 unspecified atom stereocenters. The molecule has 0 aliphatic carbocycles. The molecule has 0 radical (unpaired) electrons. The van der Waals surface area contributed by atoms with Crippen molar-refractivity contribution in [1.82, 2.24) is 0 Å². The summed E-state index contributed by atoms with van der Waals surface area (Å²) < 4.78 is 16.4. The van der Waals surface area contributed by atoms with Gasteiger partial charge in [0.2, 0.25) is 0 Å². The molecule has 18 heavy (non-hydrogen) atoms. The molecule has 1 aromatic carbocycles. The van der Waals surface area contributed by atoms with Crippen molar-refractivity contribution >= 4 is 0 Å². The molecule has 1 heterocycles. The molecule has 1 fully saturated rings. The lowest BCUT2D eigenvalue weighted by molar-refractivity contribution is -0.156. The molecule has 0 saturated carbocycles. The van der Waals surface area contributed by atoms with E-state index in [1.165, 1.54) is 0 Å². The summed E-state index contributed by atoms with van der Waals surface area (Å²) in [6.07, 6.45) is -0.966. The topological polar surface area (TPSA) is 47.9 Å². The molecular formula is C14H20O4. The van der Waals surface area contributed by atoms with E-state index >= 15 is 0 Å². The maximum absolute atomic E-state index is 9.93. The predicted molar refractivity (Wildman–Crippen MR) is 67.0 cm³/mol. The second-order valence-electron chi connectivity index (χ2n) is 4.94. The molecule has 1 saturated heterocycles. The Morgan fingerprint density at radius 2 is 2.11 bits per heavy atom. The summed E-state index contributed by atoms with van der Waals surface area (Å²) in [7, 11) is 0. The highest BCUT2D eigenvalue weighted by molar-refractivity contribution is 5.13. The van der Waals surface area contributed by atoms with Crippen LogP contribution in [0.15, 0.2) is 30.3 Å². The average molecular weight is 252 g/mol. The van der Waals surface area contributed by atoms with Crippen LogP contribution < -0.4 is 0 Å². The van der Waals surface area contributed by atoms with Crippen molar-refractivity contribution in [2.45, 2.75) is 38.4 Å². The van der Waals surface area contributed by atoms with Gasteiger partial charge in [0.15, 0.2) is 5.79 Å². The molecule has 0 amide bonds. The maximum atomic E-state index is 9.93. The zero-order valence-corrected chi connectivity index (χ0v) is 10.8. The van der Waals surface area contributed by atoms with E-state index in [9.17, 15) is 5.11 Å². The van der Waals surface area contributed by atoms with Crippen LogP contribution in [0, 0.1) is 0 Å². The summed E-state index contributed by atoms with van der Waals surface area (Å²) in [6.45, 7) is 4.83. The summed E-state index contributed by atoms with van der Waals surface area (Å²) in [4.78, 5) is 0. The summed E-state index contributed by atoms with van der Waals surface area (Å²) in [5.41, 5.74) is 1.09. The normalized spacial score (nSPS) is 24.1. The summed E-state index contributed by atoms with van der Waals surface area (Å²) >= 11 is 0. The first-order chi connectivity index (χ1) is 8.57. The van der Waals surface area contributed by atoms with Crippen molar-refractivity contribution in [3.8, 4) is 0 Å². The lowest BCUT2D eigenvalue weighted by Crippen LogP contribution is -2.34. The molecule has 2 rings (SSSR count). The first-order valence-electron chi connectivity index (χ1n) is 6.18. The van der Waals surface area contributed by atoms with Crippen molar-refractivity contribution in [1.29, 1.82) is 0 Å². The van der Waals surface area contributed by atoms with Gasteiger partial charge < -0.3 is 19.3 Å². The lowest BCUT2D eigenvalue weighted by atomic mass is 10.2. The van der Waals surface area contributed by atoms with Crippen LogP contribution in [-0.4, -0.2) is 36.3 Å². The minimum absolute atomic E-state index is 0.249. The van der Waals surface area contributed by atoms with Crippen LogP contribution >= 0.6 is 0 Å². The molecule has 0 spiro atoms. The fraction of sp³-hybridized carbons (Fsp3) is 0.571. The van der Waals surface area contributed by atoms with Gasteiger partial charge in [-0.25, -0.2) is 0 Å². The van der Waals surface area contributed by atoms with Gasteiger partial charge in [0.1, 0.15) is 12.2 Å². The van der Waals surface area contributed by atoms with Gasteiger partial charge >= 0.3 is 0 Å². The Bertz CT molecular complexity index is 363. The molecule has 0 aromatic heterocycles. The molecule has 1 N–H and O–H groups in total. The third kappa shape index (κ3) is 3.78. The highest BCUT2D eigenvalue weighted by Crippen LogP contribution is 2.24. The smallest absolute Gasteiger partial charge is 0.163 e. The van der Waals surface area contributed by atoms with Crippen molar-refractivity contribution in [3.05, 3.63) is 35.9 Å². The van der Waals surface area contributed by atoms with Crippen LogP contribution in [-0.2, 0) is 20.8 Å². The molecule has 100 valence electrons. The van der Waals surface area contributed by atoms with Crippen LogP contribution in [0.1, 0.15) is 19.4 Å². The van der Waals surface area contributed by atoms with Crippen molar-refractivity contribution in [2.75, 3.05) is 13.2 Å². The maximum Gasteiger partial charge on any atom is 0.163 e. The van der Waals surface area contributed by atoms with E-state index in [2.05, 4.69) is 0 Å². The second-order valence-corrected chi connectivity index (χ2v) is 4.94. The first kappa shape index (κ1) is 13.5. The number of aliphatic hydroxyl groups is 1. The Balaban J connectivity index is 1.71. The molecule has 1 aromatic rings. The van der Waals surface area contributed by atoms with Gasteiger partial charge in [-0.3, -0.25) is 0 Å². The second kappa shape index (κ2) is 5.80. The Morgan fingerprint density at radius 3 is 2.72 bits per heavy atom. The Morgan fingerprint density at radius 1 is 1.39 bits per heavy atom. The third-order valence-electron chi connectivity index (χ3n) is 2.86. The Hall–Kier alpha value is -0.940. The minimum atomic E-state index is -0.657. The van der Waals surface area contributed by atoms with E-state index in [1.54, 1.807) is 0 Å². The van der Waals surface area contributed by atoms with E-state index in [0.717, 1.165) is 5.56 Å². The number of rotatable bonds is 5. The first-order valence-corrected chi connectivity index (χ1v) is 6.18. The summed E-state index contributed by atoms with van der Waals surface area (Å²) in [5.74, 6) is -0.606. The van der Waals surface area contributed by atoms with Crippen LogP contribution in [0.3, 0.4) is 0 Å². The molecule has 1 aliphatic rings. The van der Waals surface area contributed by atoms with Crippen molar-refractivity contribution in [3.63, 3.8) is 0 Å². The van der Waals surface area contributed by atoms with Gasteiger partial charge in [-0.2, -0.15) is 0 Å². The monoisotopic (exact) mass is 252 g/mol. The molecule has 1 aliphatic heterocycles. The predicted octanol–water partition coefficient (Wildman–Crippen LogP) is 1.72. The zero-order valence-electron chi connectivity index (χ0n) is 10.8. The zero-order chi connectivity index (χ0) is 13.0. The van der Waals surface area contributed by atoms with E-state index in [0.29, 0.717) is 13.2 Å². The van der Waals surface area contributed by atoms with Gasteiger partial charge in [-0.05, 0) is 19.4 Å². The number of benzene rings is 1.